The number of hydrogen-bond donors (Lipinski definition) is 2. The molecule has 6 heteroatoms. The molecule has 2 aliphatic rings. The SMILES string of the molecule is C#CCCCC(=O)ONC(=O)C1C2C=CC(C2)C1C(N)=O. The van der Waals surface area contributed by atoms with Crippen molar-refractivity contribution in [2.45, 2.75) is 25.7 Å². The second-order valence-electron chi connectivity index (χ2n) is 5.40. The van der Waals surface area contributed by atoms with E-state index in [0.717, 1.165) is 6.42 Å². The van der Waals surface area contributed by atoms with Gasteiger partial charge in [-0.1, -0.05) is 12.2 Å². The highest BCUT2D eigenvalue weighted by molar-refractivity contribution is 5.89. The maximum atomic E-state index is 12.1. The van der Waals surface area contributed by atoms with Crippen molar-refractivity contribution in [2.75, 3.05) is 0 Å². The van der Waals surface area contributed by atoms with Crippen molar-refractivity contribution >= 4 is 17.8 Å². The molecule has 0 aromatic carbocycles. The van der Waals surface area contributed by atoms with E-state index in [1.165, 1.54) is 0 Å². The Labute approximate surface area is 123 Å². The Morgan fingerprint density at radius 1 is 1.29 bits per heavy atom. The Balaban J connectivity index is 1.86. The van der Waals surface area contributed by atoms with Crippen molar-refractivity contribution in [1.82, 2.24) is 5.48 Å². The Bertz CT molecular complexity index is 520. The number of primary amides is 1. The predicted molar refractivity (Wildman–Crippen MR) is 73.8 cm³/mol. The Morgan fingerprint density at radius 2 is 1.95 bits per heavy atom. The van der Waals surface area contributed by atoms with Crippen LogP contribution in [0.2, 0.25) is 0 Å². The van der Waals surface area contributed by atoms with Crippen molar-refractivity contribution < 1.29 is 19.2 Å². The average molecular weight is 290 g/mol. The molecule has 0 aromatic heterocycles. The fourth-order valence-corrected chi connectivity index (χ4v) is 3.13. The maximum Gasteiger partial charge on any atom is 0.332 e. The average Bonchev–Trinajstić information content (AvgIpc) is 3.05. The van der Waals surface area contributed by atoms with Crippen LogP contribution in [0.1, 0.15) is 25.7 Å². The lowest BCUT2D eigenvalue weighted by Gasteiger charge is -2.24. The number of fused-ring (bicyclic) bond motifs is 2. The molecule has 112 valence electrons. The topological polar surface area (TPSA) is 98.5 Å². The molecule has 3 N–H and O–H groups in total. The van der Waals surface area contributed by atoms with E-state index in [1.54, 1.807) is 0 Å². The van der Waals surface area contributed by atoms with E-state index in [1.807, 2.05) is 12.2 Å². The van der Waals surface area contributed by atoms with Crippen LogP contribution in [0.3, 0.4) is 0 Å². The first-order chi connectivity index (χ1) is 10.0. The van der Waals surface area contributed by atoms with E-state index < -0.39 is 29.6 Å². The van der Waals surface area contributed by atoms with Gasteiger partial charge in [-0.25, -0.2) is 4.79 Å². The zero-order valence-electron chi connectivity index (χ0n) is 11.6. The zero-order chi connectivity index (χ0) is 15.4. The molecule has 0 spiro atoms. The van der Waals surface area contributed by atoms with Crippen LogP contribution in [-0.2, 0) is 19.2 Å². The summed E-state index contributed by atoms with van der Waals surface area (Å²) in [6.45, 7) is 0. The summed E-state index contributed by atoms with van der Waals surface area (Å²) in [5.74, 6) is -0.196. The van der Waals surface area contributed by atoms with Gasteiger partial charge in [0.25, 0.3) is 5.91 Å². The van der Waals surface area contributed by atoms with Crippen molar-refractivity contribution in [2.24, 2.45) is 29.4 Å². The number of nitrogens with two attached hydrogens (primary N) is 1. The van der Waals surface area contributed by atoms with Gasteiger partial charge in [-0.05, 0) is 24.7 Å². The van der Waals surface area contributed by atoms with Gasteiger partial charge in [0.15, 0.2) is 0 Å². The van der Waals surface area contributed by atoms with Gasteiger partial charge in [0, 0.05) is 12.8 Å². The molecule has 4 atom stereocenters. The minimum absolute atomic E-state index is 0.00887. The van der Waals surface area contributed by atoms with Gasteiger partial charge in [-0.15, -0.1) is 12.3 Å². The van der Waals surface area contributed by atoms with Gasteiger partial charge in [0.2, 0.25) is 5.91 Å². The van der Waals surface area contributed by atoms with Crippen molar-refractivity contribution in [3.05, 3.63) is 12.2 Å². The smallest absolute Gasteiger partial charge is 0.332 e. The molecule has 0 aliphatic heterocycles. The van der Waals surface area contributed by atoms with Crippen molar-refractivity contribution in [3.8, 4) is 12.3 Å². The summed E-state index contributed by atoms with van der Waals surface area (Å²) in [4.78, 5) is 39.7. The predicted octanol–water partition coefficient (Wildman–Crippen LogP) is 0.288. The molecule has 4 unspecified atom stereocenters. The van der Waals surface area contributed by atoms with Crippen LogP contribution in [0.5, 0.6) is 0 Å². The van der Waals surface area contributed by atoms with Crippen LogP contribution in [-0.4, -0.2) is 17.8 Å². The lowest BCUT2D eigenvalue weighted by atomic mass is 9.82. The van der Waals surface area contributed by atoms with Gasteiger partial charge in [-0.2, -0.15) is 5.48 Å². The molecule has 0 saturated heterocycles. The zero-order valence-corrected chi connectivity index (χ0v) is 11.6. The second-order valence-corrected chi connectivity index (χ2v) is 5.40. The summed E-state index contributed by atoms with van der Waals surface area (Å²) in [6.07, 6.45) is 10.8. The number of amides is 2. The summed E-state index contributed by atoms with van der Waals surface area (Å²) in [5, 5.41) is 0. The van der Waals surface area contributed by atoms with Crippen LogP contribution >= 0.6 is 0 Å². The number of hydrogen-bond acceptors (Lipinski definition) is 4. The molecule has 1 fully saturated rings. The Kier molecular flexibility index (Phi) is 4.63. The molecule has 0 heterocycles. The molecule has 0 radical (unpaired) electrons. The summed E-state index contributed by atoms with van der Waals surface area (Å²) >= 11 is 0. The van der Waals surface area contributed by atoms with Crippen molar-refractivity contribution in [3.63, 3.8) is 0 Å². The number of nitrogens with one attached hydrogen (secondary N) is 1. The third kappa shape index (κ3) is 3.24. The lowest BCUT2D eigenvalue weighted by Crippen LogP contribution is -2.42. The number of allylic oxidation sites excluding steroid dienone is 2. The van der Waals surface area contributed by atoms with Crippen LogP contribution in [0.4, 0.5) is 0 Å². The van der Waals surface area contributed by atoms with Crippen LogP contribution < -0.4 is 11.2 Å². The third-order valence-corrected chi connectivity index (χ3v) is 4.06. The van der Waals surface area contributed by atoms with Crippen molar-refractivity contribution in [1.29, 1.82) is 0 Å². The minimum atomic E-state index is -0.559. The highest BCUT2D eigenvalue weighted by Crippen LogP contribution is 2.47. The number of hydroxylamine groups is 1. The summed E-state index contributed by atoms with van der Waals surface area (Å²) in [6, 6.07) is 0. The second kappa shape index (κ2) is 6.44. The molecule has 2 rings (SSSR count). The number of carbonyl (C=O) groups is 3. The number of rotatable bonds is 5. The van der Waals surface area contributed by atoms with Gasteiger partial charge in [-0.3, -0.25) is 9.59 Å². The van der Waals surface area contributed by atoms with Gasteiger partial charge >= 0.3 is 5.97 Å². The van der Waals surface area contributed by atoms with Gasteiger partial charge in [0.1, 0.15) is 0 Å². The Hall–Kier alpha value is -2.29. The first-order valence-corrected chi connectivity index (χ1v) is 6.95. The van der Waals surface area contributed by atoms with E-state index in [-0.39, 0.29) is 18.3 Å². The van der Waals surface area contributed by atoms with Crippen LogP contribution in [0, 0.1) is 36.0 Å². The quantitative estimate of drug-likeness (QED) is 0.329. The van der Waals surface area contributed by atoms with Crippen LogP contribution in [0.25, 0.3) is 0 Å². The lowest BCUT2D eigenvalue weighted by molar-refractivity contribution is -0.161. The highest BCUT2D eigenvalue weighted by atomic mass is 16.7. The normalized spacial score (nSPS) is 28.9. The minimum Gasteiger partial charge on any atom is -0.369 e. The first-order valence-electron chi connectivity index (χ1n) is 6.95. The molecule has 1 saturated carbocycles. The van der Waals surface area contributed by atoms with E-state index >= 15 is 0 Å². The highest BCUT2D eigenvalue weighted by Gasteiger charge is 2.51. The van der Waals surface area contributed by atoms with Gasteiger partial charge < -0.3 is 10.6 Å². The standard InChI is InChI=1S/C15H18N2O4/c1-2-3-4-5-11(18)21-17-15(20)13-10-7-6-9(8-10)12(13)14(16)19/h1,6-7,9-10,12-13H,3-5,8H2,(H2,16,19)(H,17,20). The summed E-state index contributed by atoms with van der Waals surface area (Å²) < 4.78 is 0. The molecule has 6 nitrogen and oxygen atoms in total. The van der Waals surface area contributed by atoms with E-state index in [4.69, 9.17) is 17.0 Å². The van der Waals surface area contributed by atoms with E-state index in [0.29, 0.717) is 12.8 Å². The first kappa shape index (κ1) is 15.1. The molecule has 0 aromatic rings. The molecular formula is C15H18N2O4. The number of unbranched alkanes of at least 4 members (excludes halogenated alkanes) is 1. The molecule has 2 bridgehead atoms. The molecule has 2 aliphatic carbocycles. The molecule has 2 amide bonds. The van der Waals surface area contributed by atoms with E-state index in [9.17, 15) is 14.4 Å². The van der Waals surface area contributed by atoms with Crippen LogP contribution in [0.15, 0.2) is 12.2 Å². The fraction of sp³-hybridized carbons (Fsp3) is 0.533. The monoisotopic (exact) mass is 290 g/mol. The molecular weight excluding hydrogens is 272 g/mol. The molecule has 21 heavy (non-hydrogen) atoms. The number of terminal acetylenes is 1. The third-order valence-electron chi connectivity index (χ3n) is 4.06. The Morgan fingerprint density at radius 3 is 2.57 bits per heavy atom. The summed E-state index contributed by atoms with van der Waals surface area (Å²) in [5.41, 5.74) is 7.51. The summed E-state index contributed by atoms with van der Waals surface area (Å²) in [7, 11) is 0. The van der Waals surface area contributed by atoms with Gasteiger partial charge in [0.05, 0.1) is 11.8 Å². The number of carbonyl (C=O) groups excluding carboxylic acids is 3. The largest absolute Gasteiger partial charge is 0.369 e. The fourth-order valence-electron chi connectivity index (χ4n) is 3.13. The van der Waals surface area contributed by atoms with E-state index in [2.05, 4.69) is 11.4 Å². The maximum absolute atomic E-state index is 12.1.